The Labute approximate surface area is 128 Å². The molecule has 0 atom stereocenters. The molecule has 1 saturated heterocycles. The molecule has 0 radical (unpaired) electrons. The van der Waals surface area contributed by atoms with Crippen molar-refractivity contribution < 1.29 is 4.79 Å². The number of nitrogens with zero attached hydrogens (tertiary/aromatic N) is 1. The average molecular weight is 312 g/mol. The van der Waals surface area contributed by atoms with Crippen LogP contribution in [0.25, 0.3) is 0 Å². The van der Waals surface area contributed by atoms with Crippen LogP contribution in [0.2, 0.25) is 0 Å². The summed E-state index contributed by atoms with van der Waals surface area (Å²) in [5, 5.41) is 3.10. The first-order chi connectivity index (χ1) is 7.99. The molecule has 0 unspecified atom stereocenters. The maximum Gasteiger partial charge on any atom is 0.240 e. The average Bonchev–Trinajstić information content (AvgIpc) is 3.00. The Kier molecular flexibility index (Phi) is 7.66. The smallest absolute Gasteiger partial charge is 0.240 e. The van der Waals surface area contributed by atoms with Gasteiger partial charge in [0.2, 0.25) is 5.91 Å². The molecule has 6 heteroatoms. The highest BCUT2D eigenvalue weighted by Gasteiger charge is 2.46. The van der Waals surface area contributed by atoms with Crippen molar-refractivity contribution in [1.29, 1.82) is 0 Å². The summed E-state index contributed by atoms with van der Waals surface area (Å²) in [4.78, 5) is 14.3. The molecule has 1 heterocycles. The van der Waals surface area contributed by atoms with Crippen LogP contribution in [0, 0.1) is 5.92 Å². The van der Waals surface area contributed by atoms with Crippen molar-refractivity contribution in [3.05, 3.63) is 0 Å². The van der Waals surface area contributed by atoms with Crippen molar-refractivity contribution in [2.45, 2.75) is 51.1 Å². The molecule has 0 bridgehead atoms. The molecule has 114 valence electrons. The van der Waals surface area contributed by atoms with Gasteiger partial charge < -0.3 is 16.0 Å². The highest BCUT2D eigenvalue weighted by Crippen LogP contribution is 2.32. The maximum atomic E-state index is 11.8. The number of piperidine rings is 1. The first-order valence-electron chi connectivity index (χ1n) is 6.82. The molecular formula is C13H27Cl2N3O. The third-order valence-corrected chi connectivity index (χ3v) is 3.79. The third-order valence-electron chi connectivity index (χ3n) is 3.79. The van der Waals surface area contributed by atoms with Gasteiger partial charge in [-0.1, -0.05) is 13.8 Å². The van der Waals surface area contributed by atoms with E-state index in [0.29, 0.717) is 6.04 Å². The molecule has 0 aromatic rings. The molecular weight excluding hydrogens is 285 g/mol. The second-order valence-electron chi connectivity index (χ2n) is 6.10. The number of nitrogens with two attached hydrogens (primary N) is 1. The number of likely N-dealkylation sites (tertiary alicyclic amines) is 1. The Morgan fingerprint density at radius 1 is 1.32 bits per heavy atom. The van der Waals surface area contributed by atoms with E-state index in [0.717, 1.165) is 44.7 Å². The quantitative estimate of drug-likeness (QED) is 0.828. The van der Waals surface area contributed by atoms with Crippen LogP contribution in [0.5, 0.6) is 0 Å². The Hall–Kier alpha value is -0.0300. The van der Waals surface area contributed by atoms with Gasteiger partial charge in [0.25, 0.3) is 0 Å². The largest absolute Gasteiger partial charge is 0.352 e. The molecule has 1 amide bonds. The molecule has 19 heavy (non-hydrogen) atoms. The topological polar surface area (TPSA) is 58.4 Å². The van der Waals surface area contributed by atoms with Crippen LogP contribution in [-0.2, 0) is 4.79 Å². The molecule has 3 N–H and O–H groups in total. The standard InChI is InChI=1S/C13H25N3O.2ClH/c1-10(2)9-16-7-3-11(4-8-16)15-12(17)13(14)5-6-13;;/h10-11H,3-9,14H2,1-2H3,(H,15,17);2*1H. The molecule has 1 saturated carbocycles. The van der Waals surface area contributed by atoms with E-state index in [4.69, 9.17) is 5.73 Å². The summed E-state index contributed by atoms with van der Waals surface area (Å²) < 4.78 is 0. The van der Waals surface area contributed by atoms with E-state index in [9.17, 15) is 4.79 Å². The second kappa shape index (κ2) is 7.67. The van der Waals surface area contributed by atoms with E-state index in [1.807, 2.05) is 0 Å². The Morgan fingerprint density at radius 3 is 2.26 bits per heavy atom. The number of nitrogens with one attached hydrogen (secondary N) is 1. The van der Waals surface area contributed by atoms with Gasteiger partial charge >= 0.3 is 0 Å². The minimum Gasteiger partial charge on any atom is -0.352 e. The summed E-state index contributed by atoms with van der Waals surface area (Å²) in [7, 11) is 0. The minimum absolute atomic E-state index is 0. The fraction of sp³-hybridized carbons (Fsp3) is 0.923. The third kappa shape index (κ3) is 5.46. The summed E-state index contributed by atoms with van der Waals surface area (Å²) in [5.41, 5.74) is 5.36. The molecule has 1 aliphatic carbocycles. The lowest BCUT2D eigenvalue weighted by Gasteiger charge is -2.33. The Bertz CT molecular complexity index is 288. The van der Waals surface area contributed by atoms with E-state index in [1.165, 1.54) is 6.54 Å². The number of carbonyl (C=O) groups is 1. The van der Waals surface area contributed by atoms with Crippen molar-refractivity contribution >= 4 is 30.7 Å². The SMILES string of the molecule is CC(C)CN1CCC(NC(=O)C2(N)CC2)CC1.Cl.Cl. The fourth-order valence-electron chi connectivity index (χ4n) is 2.47. The number of amides is 1. The lowest BCUT2D eigenvalue weighted by molar-refractivity contribution is -0.124. The van der Waals surface area contributed by atoms with Crippen molar-refractivity contribution in [3.63, 3.8) is 0 Å². The van der Waals surface area contributed by atoms with Gasteiger partial charge in [0.15, 0.2) is 0 Å². The molecule has 2 aliphatic rings. The summed E-state index contributed by atoms with van der Waals surface area (Å²) in [6.45, 7) is 7.86. The van der Waals surface area contributed by atoms with Gasteiger partial charge in [0.1, 0.15) is 0 Å². The van der Waals surface area contributed by atoms with E-state index in [-0.39, 0.29) is 30.7 Å². The van der Waals surface area contributed by atoms with Crippen molar-refractivity contribution in [1.82, 2.24) is 10.2 Å². The number of hydrogen-bond donors (Lipinski definition) is 2. The lowest BCUT2D eigenvalue weighted by Crippen LogP contribution is -2.51. The van der Waals surface area contributed by atoms with Gasteiger partial charge in [-0.3, -0.25) is 4.79 Å². The molecule has 1 aliphatic heterocycles. The number of carbonyl (C=O) groups excluding carboxylic acids is 1. The van der Waals surface area contributed by atoms with Crippen LogP contribution >= 0.6 is 24.8 Å². The number of rotatable bonds is 4. The van der Waals surface area contributed by atoms with E-state index >= 15 is 0 Å². The summed E-state index contributed by atoms with van der Waals surface area (Å²) >= 11 is 0. The van der Waals surface area contributed by atoms with Crippen LogP contribution in [0.4, 0.5) is 0 Å². The summed E-state index contributed by atoms with van der Waals surface area (Å²) in [6, 6.07) is 0.340. The monoisotopic (exact) mass is 311 g/mol. The minimum atomic E-state index is -0.519. The van der Waals surface area contributed by atoms with Gasteiger partial charge in [-0.15, -0.1) is 24.8 Å². The van der Waals surface area contributed by atoms with Crippen molar-refractivity contribution in [3.8, 4) is 0 Å². The van der Waals surface area contributed by atoms with E-state index in [2.05, 4.69) is 24.1 Å². The number of halogens is 2. The molecule has 0 aromatic heterocycles. The fourth-order valence-corrected chi connectivity index (χ4v) is 2.47. The molecule has 2 fully saturated rings. The van der Waals surface area contributed by atoms with Gasteiger partial charge in [-0.25, -0.2) is 0 Å². The lowest BCUT2D eigenvalue weighted by atomic mass is 10.0. The Balaban J connectivity index is 0.00000162. The zero-order valence-corrected chi connectivity index (χ0v) is 13.5. The predicted molar refractivity (Wildman–Crippen MR) is 83.1 cm³/mol. The van der Waals surface area contributed by atoms with Crippen LogP contribution in [-0.4, -0.2) is 42.0 Å². The van der Waals surface area contributed by atoms with E-state index < -0.39 is 5.54 Å². The first kappa shape index (κ1) is 19.0. The highest BCUT2D eigenvalue weighted by atomic mass is 35.5. The van der Waals surface area contributed by atoms with Crippen molar-refractivity contribution in [2.75, 3.05) is 19.6 Å². The van der Waals surface area contributed by atoms with Crippen molar-refractivity contribution in [2.24, 2.45) is 11.7 Å². The maximum absolute atomic E-state index is 11.8. The molecule has 0 aromatic carbocycles. The summed E-state index contributed by atoms with van der Waals surface area (Å²) in [6.07, 6.45) is 3.83. The molecule has 0 spiro atoms. The zero-order valence-electron chi connectivity index (χ0n) is 11.9. The first-order valence-corrected chi connectivity index (χ1v) is 6.82. The molecule has 2 rings (SSSR count). The van der Waals surface area contributed by atoms with E-state index in [1.54, 1.807) is 0 Å². The zero-order chi connectivity index (χ0) is 12.5. The second-order valence-corrected chi connectivity index (χ2v) is 6.10. The summed E-state index contributed by atoms with van der Waals surface area (Å²) in [5.74, 6) is 0.791. The normalized spacial score (nSPS) is 22.3. The van der Waals surface area contributed by atoms with Crippen LogP contribution < -0.4 is 11.1 Å². The Morgan fingerprint density at radius 2 is 1.84 bits per heavy atom. The molecule has 4 nitrogen and oxygen atoms in total. The van der Waals surface area contributed by atoms with Crippen LogP contribution in [0.3, 0.4) is 0 Å². The van der Waals surface area contributed by atoms with Crippen LogP contribution in [0.15, 0.2) is 0 Å². The van der Waals surface area contributed by atoms with Gasteiger partial charge in [-0.05, 0) is 31.6 Å². The van der Waals surface area contributed by atoms with Gasteiger partial charge in [0.05, 0.1) is 5.54 Å². The van der Waals surface area contributed by atoms with Crippen LogP contribution in [0.1, 0.15) is 39.5 Å². The van der Waals surface area contributed by atoms with Gasteiger partial charge in [0, 0.05) is 25.7 Å². The number of hydrogen-bond acceptors (Lipinski definition) is 3. The predicted octanol–water partition coefficient (Wildman–Crippen LogP) is 1.56. The van der Waals surface area contributed by atoms with Gasteiger partial charge in [-0.2, -0.15) is 0 Å². The highest BCUT2D eigenvalue weighted by molar-refractivity contribution is 5.89.